The van der Waals surface area contributed by atoms with Crippen molar-refractivity contribution in [2.45, 2.75) is 26.0 Å². The monoisotopic (exact) mass is 394 g/mol. The van der Waals surface area contributed by atoms with Crippen LogP contribution in [0.25, 0.3) is 11.1 Å². The molecule has 0 aliphatic carbocycles. The van der Waals surface area contributed by atoms with Crippen molar-refractivity contribution in [1.82, 2.24) is 14.8 Å². The summed E-state index contributed by atoms with van der Waals surface area (Å²) in [5, 5.41) is 0. The van der Waals surface area contributed by atoms with Gasteiger partial charge < -0.3 is 14.5 Å². The maximum absolute atomic E-state index is 11.0. The van der Waals surface area contributed by atoms with E-state index < -0.39 is 0 Å². The highest BCUT2D eigenvalue weighted by Gasteiger charge is 2.21. The number of pyridine rings is 1. The van der Waals surface area contributed by atoms with Crippen LogP contribution in [0.5, 0.6) is 0 Å². The first kappa shape index (κ1) is 19.9. The molecule has 1 amide bonds. The van der Waals surface area contributed by atoms with Crippen LogP contribution in [0.2, 0.25) is 0 Å². The second-order valence-electron chi connectivity index (χ2n) is 8.10. The maximum atomic E-state index is 11.0. The molecule has 0 bridgehead atoms. The van der Waals surface area contributed by atoms with E-state index in [2.05, 4.69) is 60.0 Å². The Balaban J connectivity index is 1.40. The fraction of sp³-hybridized carbons (Fsp3) is 0.478. The van der Waals surface area contributed by atoms with E-state index in [4.69, 9.17) is 9.72 Å². The number of aromatic nitrogens is 1. The molecule has 0 spiro atoms. The molecule has 2 aliphatic rings. The third kappa shape index (κ3) is 4.60. The molecule has 1 aromatic heterocycles. The van der Waals surface area contributed by atoms with Crippen molar-refractivity contribution >= 4 is 12.2 Å². The number of carbonyl (C=O) groups excluding carboxylic acids is 1. The highest BCUT2D eigenvalue weighted by atomic mass is 16.5. The molecule has 2 aromatic rings. The van der Waals surface area contributed by atoms with Gasteiger partial charge in [-0.25, -0.2) is 4.98 Å². The Hall–Kier alpha value is -2.44. The lowest BCUT2D eigenvalue weighted by Crippen LogP contribution is -2.49. The van der Waals surface area contributed by atoms with Gasteiger partial charge in [0, 0.05) is 50.5 Å². The van der Waals surface area contributed by atoms with Crippen LogP contribution < -0.4 is 4.90 Å². The Morgan fingerprint density at radius 1 is 1.00 bits per heavy atom. The van der Waals surface area contributed by atoms with E-state index >= 15 is 0 Å². The smallest absolute Gasteiger partial charge is 0.209 e. The number of hydrogen-bond acceptors (Lipinski definition) is 5. The first-order chi connectivity index (χ1) is 14.1. The molecule has 1 aromatic carbocycles. The van der Waals surface area contributed by atoms with Crippen LogP contribution in [0, 0.1) is 0 Å². The minimum absolute atomic E-state index is 0.0481. The Morgan fingerprint density at radius 3 is 2.34 bits per heavy atom. The zero-order valence-electron chi connectivity index (χ0n) is 17.3. The van der Waals surface area contributed by atoms with Crippen molar-refractivity contribution in [3.05, 3.63) is 48.2 Å². The van der Waals surface area contributed by atoms with E-state index in [1.807, 2.05) is 6.20 Å². The number of piperazine rings is 1. The molecule has 2 fully saturated rings. The molecule has 6 nitrogen and oxygen atoms in total. The first-order valence-corrected chi connectivity index (χ1v) is 10.5. The molecule has 154 valence electrons. The molecule has 2 saturated heterocycles. The Kier molecular flexibility index (Phi) is 6.11. The standard InChI is InChI=1S/C23H30N4O2/c1-18(2)26-9-11-27(12-10-26)23-8-7-21(15-24-23)19-3-5-20(6-4-19)22-16-25(17-28)13-14-29-22/h3-8,15,17-18,22H,9-14,16H2,1-2H3. The van der Waals surface area contributed by atoms with Gasteiger partial charge in [0.25, 0.3) is 0 Å². The molecule has 1 unspecified atom stereocenters. The van der Waals surface area contributed by atoms with Gasteiger partial charge in [-0.2, -0.15) is 0 Å². The normalized spacial score (nSPS) is 20.9. The molecule has 29 heavy (non-hydrogen) atoms. The zero-order valence-corrected chi connectivity index (χ0v) is 17.3. The van der Waals surface area contributed by atoms with Gasteiger partial charge in [-0.3, -0.25) is 9.69 Å². The fourth-order valence-corrected chi connectivity index (χ4v) is 4.07. The molecule has 6 heteroatoms. The summed E-state index contributed by atoms with van der Waals surface area (Å²) < 4.78 is 5.82. The van der Waals surface area contributed by atoms with Crippen LogP contribution in [-0.4, -0.2) is 73.1 Å². The summed E-state index contributed by atoms with van der Waals surface area (Å²) in [5.74, 6) is 1.05. The lowest BCUT2D eigenvalue weighted by molar-refractivity contribution is -0.125. The van der Waals surface area contributed by atoms with Gasteiger partial charge >= 0.3 is 0 Å². The lowest BCUT2D eigenvalue weighted by Gasteiger charge is -2.37. The topological polar surface area (TPSA) is 48.9 Å². The second-order valence-corrected chi connectivity index (χ2v) is 8.10. The van der Waals surface area contributed by atoms with Gasteiger partial charge in [-0.15, -0.1) is 0 Å². The minimum atomic E-state index is -0.0481. The van der Waals surface area contributed by atoms with Crippen LogP contribution in [0.4, 0.5) is 5.82 Å². The van der Waals surface area contributed by atoms with E-state index in [1.54, 1.807) is 4.90 Å². The summed E-state index contributed by atoms with van der Waals surface area (Å²) in [6.07, 6.45) is 2.82. The highest BCUT2D eigenvalue weighted by Crippen LogP contribution is 2.26. The summed E-state index contributed by atoms with van der Waals surface area (Å²) in [4.78, 5) is 22.4. The first-order valence-electron chi connectivity index (χ1n) is 10.5. The number of morpholine rings is 1. The van der Waals surface area contributed by atoms with Gasteiger partial charge in [0.15, 0.2) is 0 Å². The van der Waals surface area contributed by atoms with Gasteiger partial charge in [-0.05, 0) is 37.1 Å². The Morgan fingerprint density at radius 2 is 1.72 bits per heavy atom. The third-order valence-electron chi connectivity index (χ3n) is 5.98. The van der Waals surface area contributed by atoms with Gasteiger partial charge in [0.1, 0.15) is 11.9 Å². The van der Waals surface area contributed by atoms with Crippen molar-refractivity contribution < 1.29 is 9.53 Å². The number of carbonyl (C=O) groups is 1. The molecule has 0 radical (unpaired) electrons. The fourth-order valence-electron chi connectivity index (χ4n) is 4.07. The van der Waals surface area contributed by atoms with E-state index in [9.17, 15) is 4.79 Å². The lowest BCUT2D eigenvalue weighted by atomic mass is 10.0. The van der Waals surface area contributed by atoms with Crippen LogP contribution in [0.15, 0.2) is 42.6 Å². The van der Waals surface area contributed by atoms with Crippen LogP contribution in [0.1, 0.15) is 25.5 Å². The van der Waals surface area contributed by atoms with Crippen molar-refractivity contribution in [2.75, 3.05) is 50.8 Å². The van der Waals surface area contributed by atoms with Crippen molar-refractivity contribution in [2.24, 2.45) is 0 Å². The number of anilines is 1. The molecule has 1 atom stereocenters. The predicted octanol–water partition coefficient (Wildman–Crippen LogP) is 2.81. The number of nitrogens with zero attached hydrogens (tertiary/aromatic N) is 4. The van der Waals surface area contributed by atoms with Crippen molar-refractivity contribution in [1.29, 1.82) is 0 Å². The summed E-state index contributed by atoms with van der Waals surface area (Å²) >= 11 is 0. The quantitative estimate of drug-likeness (QED) is 0.730. The third-order valence-corrected chi connectivity index (χ3v) is 5.98. The Labute approximate surface area is 173 Å². The largest absolute Gasteiger partial charge is 0.370 e. The van der Waals surface area contributed by atoms with Crippen molar-refractivity contribution in [3.63, 3.8) is 0 Å². The minimum Gasteiger partial charge on any atom is -0.370 e. The number of ether oxygens (including phenoxy) is 1. The number of benzene rings is 1. The SMILES string of the molecule is CC(C)N1CCN(c2ccc(-c3ccc(C4CN(C=O)CCO4)cc3)cn2)CC1. The number of amides is 1. The molecular weight excluding hydrogens is 364 g/mol. The maximum Gasteiger partial charge on any atom is 0.209 e. The number of hydrogen-bond donors (Lipinski definition) is 0. The van der Waals surface area contributed by atoms with E-state index in [0.29, 0.717) is 25.7 Å². The van der Waals surface area contributed by atoms with Gasteiger partial charge in [-0.1, -0.05) is 24.3 Å². The number of rotatable bonds is 5. The second kappa shape index (κ2) is 8.93. The summed E-state index contributed by atoms with van der Waals surface area (Å²) in [6.45, 7) is 10.6. The van der Waals surface area contributed by atoms with E-state index in [1.165, 1.54) is 0 Å². The molecule has 3 heterocycles. The van der Waals surface area contributed by atoms with Crippen LogP contribution in [0.3, 0.4) is 0 Å². The summed E-state index contributed by atoms with van der Waals surface area (Å²) in [5.41, 5.74) is 3.36. The zero-order chi connectivity index (χ0) is 20.2. The molecule has 2 aliphatic heterocycles. The van der Waals surface area contributed by atoms with Crippen LogP contribution in [-0.2, 0) is 9.53 Å². The molecular formula is C23H30N4O2. The van der Waals surface area contributed by atoms with Gasteiger partial charge in [0.05, 0.1) is 13.2 Å². The average molecular weight is 395 g/mol. The molecule has 0 saturated carbocycles. The molecule has 4 rings (SSSR count). The average Bonchev–Trinajstić information content (AvgIpc) is 2.79. The van der Waals surface area contributed by atoms with E-state index in [0.717, 1.165) is 55.1 Å². The summed E-state index contributed by atoms with van der Waals surface area (Å²) in [6, 6.07) is 13.3. The van der Waals surface area contributed by atoms with E-state index in [-0.39, 0.29) is 6.10 Å². The van der Waals surface area contributed by atoms with Crippen molar-refractivity contribution in [3.8, 4) is 11.1 Å². The summed E-state index contributed by atoms with van der Waals surface area (Å²) in [7, 11) is 0. The highest BCUT2D eigenvalue weighted by molar-refractivity contribution is 5.64. The van der Waals surface area contributed by atoms with Crippen LogP contribution >= 0.6 is 0 Å². The van der Waals surface area contributed by atoms with Gasteiger partial charge in [0.2, 0.25) is 6.41 Å². The Bertz CT molecular complexity index is 799. The molecule has 0 N–H and O–H groups in total. The predicted molar refractivity (Wildman–Crippen MR) is 115 cm³/mol.